The number of fused-ring (bicyclic) bond motifs is 1. The normalized spacial score (nSPS) is 19.0. The van der Waals surface area contributed by atoms with Gasteiger partial charge in [-0.15, -0.1) is 0 Å². The molecular weight excluding hydrogens is 368 g/mol. The molecule has 29 heavy (non-hydrogen) atoms. The number of hydrogen-bond donors (Lipinski definition) is 1. The van der Waals surface area contributed by atoms with Gasteiger partial charge in [0, 0.05) is 50.2 Å². The van der Waals surface area contributed by atoms with E-state index in [1.165, 1.54) is 10.9 Å². The Morgan fingerprint density at radius 2 is 1.76 bits per heavy atom. The van der Waals surface area contributed by atoms with E-state index in [4.69, 9.17) is 4.74 Å². The van der Waals surface area contributed by atoms with Gasteiger partial charge < -0.3 is 19.5 Å². The Balaban J connectivity index is 1.31. The number of methoxy groups -OCH3 is 1. The lowest BCUT2D eigenvalue weighted by Crippen LogP contribution is -2.52. The van der Waals surface area contributed by atoms with Crippen molar-refractivity contribution in [3.63, 3.8) is 0 Å². The molecule has 2 aliphatic heterocycles. The molecule has 1 aromatic carbocycles. The van der Waals surface area contributed by atoms with Crippen molar-refractivity contribution < 1.29 is 14.3 Å². The highest BCUT2D eigenvalue weighted by molar-refractivity contribution is 5.85. The molecule has 1 N–H and O–H groups in total. The molecule has 3 heterocycles. The Hall–Kier alpha value is -2.54. The highest BCUT2D eigenvalue weighted by Gasteiger charge is 2.27. The van der Waals surface area contributed by atoms with Crippen LogP contribution in [0.1, 0.15) is 31.2 Å². The largest absolute Gasteiger partial charge is 0.497 e. The second-order valence-electron chi connectivity index (χ2n) is 8.09. The van der Waals surface area contributed by atoms with Crippen LogP contribution in [0.15, 0.2) is 24.4 Å². The molecule has 2 aromatic rings. The number of likely N-dealkylation sites (tertiary alicyclic amines) is 1. The molecule has 4 rings (SSSR count). The number of amides is 2. The van der Waals surface area contributed by atoms with Crippen molar-refractivity contribution in [2.75, 3.05) is 52.9 Å². The van der Waals surface area contributed by atoms with Gasteiger partial charge >= 0.3 is 0 Å². The van der Waals surface area contributed by atoms with E-state index in [9.17, 15) is 9.59 Å². The quantitative estimate of drug-likeness (QED) is 0.856. The number of H-pyrrole nitrogens is 1. The van der Waals surface area contributed by atoms with Crippen LogP contribution in [-0.2, 0) is 9.59 Å². The van der Waals surface area contributed by atoms with E-state index in [2.05, 4.69) is 28.2 Å². The van der Waals surface area contributed by atoms with E-state index in [0.717, 1.165) is 37.2 Å². The summed E-state index contributed by atoms with van der Waals surface area (Å²) < 4.78 is 5.39. The van der Waals surface area contributed by atoms with Gasteiger partial charge in [-0.2, -0.15) is 0 Å². The molecule has 0 spiro atoms. The summed E-state index contributed by atoms with van der Waals surface area (Å²) in [6.45, 7) is 6.51. The van der Waals surface area contributed by atoms with Gasteiger partial charge in [-0.1, -0.05) is 0 Å². The molecule has 2 amide bonds. The fraction of sp³-hybridized carbons (Fsp3) is 0.545. The minimum absolute atomic E-state index is 0.0917. The first kappa shape index (κ1) is 19.8. The summed E-state index contributed by atoms with van der Waals surface area (Å²) in [5.74, 6) is 1.66. The Morgan fingerprint density at radius 1 is 1.07 bits per heavy atom. The fourth-order valence-corrected chi connectivity index (χ4v) is 4.55. The molecule has 0 unspecified atom stereocenters. The molecule has 0 bridgehead atoms. The van der Waals surface area contributed by atoms with Gasteiger partial charge in [-0.3, -0.25) is 14.5 Å². The van der Waals surface area contributed by atoms with Crippen molar-refractivity contribution in [3.8, 4) is 5.75 Å². The lowest BCUT2D eigenvalue weighted by Gasteiger charge is -2.37. The van der Waals surface area contributed by atoms with Crippen LogP contribution in [0, 0.1) is 0 Å². The lowest BCUT2D eigenvalue weighted by atomic mass is 9.89. The Morgan fingerprint density at radius 3 is 2.41 bits per heavy atom. The van der Waals surface area contributed by atoms with E-state index in [0.29, 0.717) is 38.6 Å². The predicted molar refractivity (Wildman–Crippen MR) is 112 cm³/mol. The van der Waals surface area contributed by atoms with Crippen molar-refractivity contribution in [1.29, 1.82) is 0 Å². The average molecular weight is 399 g/mol. The molecule has 0 radical (unpaired) electrons. The number of piperazine rings is 1. The summed E-state index contributed by atoms with van der Waals surface area (Å²) in [7, 11) is 1.70. The first-order valence-corrected chi connectivity index (χ1v) is 10.5. The van der Waals surface area contributed by atoms with Gasteiger partial charge in [0.1, 0.15) is 5.75 Å². The number of benzene rings is 1. The first-order chi connectivity index (χ1) is 14.0. The number of rotatable bonds is 4. The summed E-state index contributed by atoms with van der Waals surface area (Å²) in [6, 6.07) is 6.15. The summed E-state index contributed by atoms with van der Waals surface area (Å²) in [5, 5.41) is 1.24. The molecule has 7 nitrogen and oxygen atoms in total. The van der Waals surface area contributed by atoms with Crippen LogP contribution >= 0.6 is 0 Å². The van der Waals surface area contributed by atoms with Gasteiger partial charge in [-0.05, 0) is 55.6 Å². The fourth-order valence-electron chi connectivity index (χ4n) is 4.55. The lowest BCUT2D eigenvalue weighted by molar-refractivity contribution is -0.139. The van der Waals surface area contributed by atoms with Crippen LogP contribution < -0.4 is 4.74 Å². The molecular formula is C22H30N4O3. The SMILES string of the molecule is COc1ccc2[nH]cc(C3CCN(CC(=O)N4CCN(C(C)=O)CC4)CC3)c2c1. The highest BCUT2D eigenvalue weighted by Crippen LogP contribution is 2.34. The standard InChI is InChI=1S/C22H30N4O3/c1-16(27)25-9-11-26(12-10-25)22(28)15-24-7-5-17(6-8-24)20-14-23-21-4-3-18(29-2)13-19(20)21/h3-4,13-14,17,23H,5-12,15H2,1-2H3. The summed E-state index contributed by atoms with van der Waals surface area (Å²) in [6.07, 6.45) is 4.23. The van der Waals surface area contributed by atoms with Gasteiger partial charge in [0.2, 0.25) is 11.8 Å². The molecule has 0 atom stereocenters. The van der Waals surface area contributed by atoms with Gasteiger partial charge in [-0.25, -0.2) is 0 Å². The number of piperidine rings is 1. The zero-order valence-electron chi connectivity index (χ0n) is 17.3. The molecule has 0 saturated carbocycles. The molecule has 0 aliphatic carbocycles. The maximum Gasteiger partial charge on any atom is 0.236 e. The maximum absolute atomic E-state index is 12.7. The van der Waals surface area contributed by atoms with Gasteiger partial charge in [0.05, 0.1) is 13.7 Å². The average Bonchev–Trinajstić information content (AvgIpc) is 3.17. The van der Waals surface area contributed by atoms with E-state index in [1.807, 2.05) is 15.9 Å². The van der Waals surface area contributed by atoms with E-state index in [1.54, 1.807) is 14.0 Å². The van der Waals surface area contributed by atoms with Crippen molar-refractivity contribution in [2.45, 2.75) is 25.7 Å². The zero-order chi connectivity index (χ0) is 20.4. The molecule has 2 aliphatic rings. The van der Waals surface area contributed by atoms with Crippen molar-refractivity contribution >= 4 is 22.7 Å². The molecule has 7 heteroatoms. The Kier molecular flexibility index (Phi) is 5.76. The number of aromatic nitrogens is 1. The summed E-state index contributed by atoms with van der Waals surface area (Å²) >= 11 is 0. The predicted octanol–water partition coefficient (Wildman–Crippen LogP) is 2.05. The topological polar surface area (TPSA) is 68.9 Å². The number of aromatic amines is 1. The molecule has 1 aromatic heterocycles. The summed E-state index contributed by atoms with van der Waals surface area (Å²) in [5.41, 5.74) is 2.49. The number of nitrogens with one attached hydrogen (secondary N) is 1. The van der Waals surface area contributed by atoms with Crippen molar-refractivity contribution in [2.24, 2.45) is 0 Å². The number of ether oxygens (including phenoxy) is 1. The third-order valence-corrected chi connectivity index (χ3v) is 6.38. The third-order valence-electron chi connectivity index (χ3n) is 6.38. The monoisotopic (exact) mass is 398 g/mol. The highest BCUT2D eigenvalue weighted by atomic mass is 16.5. The number of carbonyl (C=O) groups excluding carboxylic acids is 2. The van der Waals surface area contributed by atoms with E-state index >= 15 is 0 Å². The van der Waals surface area contributed by atoms with Crippen LogP contribution in [0.3, 0.4) is 0 Å². The maximum atomic E-state index is 12.7. The minimum Gasteiger partial charge on any atom is -0.497 e. The third kappa shape index (κ3) is 4.24. The van der Waals surface area contributed by atoms with E-state index < -0.39 is 0 Å². The van der Waals surface area contributed by atoms with Crippen LogP contribution in [-0.4, -0.2) is 84.4 Å². The Labute approximate surface area is 171 Å². The number of hydrogen-bond acceptors (Lipinski definition) is 4. The van der Waals surface area contributed by atoms with E-state index in [-0.39, 0.29) is 11.8 Å². The molecule has 2 fully saturated rings. The van der Waals surface area contributed by atoms with Gasteiger partial charge in [0.25, 0.3) is 0 Å². The minimum atomic E-state index is 0.0917. The van der Waals surface area contributed by atoms with Crippen LogP contribution in [0.2, 0.25) is 0 Å². The zero-order valence-corrected chi connectivity index (χ0v) is 17.3. The molecule has 156 valence electrons. The van der Waals surface area contributed by atoms with Crippen molar-refractivity contribution in [3.05, 3.63) is 30.0 Å². The number of carbonyl (C=O) groups is 2. The first-order valence-electron chi connectivity index (χ1n) is 10.5. The second kappa shape index (κ2) is 8.45. The Bertz CT molecular complexity index is 877. The summed E-state index contributed by atoms with van der Waals surface area (Å²) in [4.78, 5) is 33.5. The number of nitrogens with zero attached hydrogens (tertiary/aromatic N) is 3. The smallest absolute Gasteiger partial charge is 0.236 e. The molecule has 2 saturated heterocycles. The van der Waals surface area contributed by atoms with Crippen LogP contribution in [0.4, 0.5) is 0 Å². The van der Waals surface area contributed by atoms with Crippen LogP contribution in [0.5, 0.6) is 5.75 Å². The van der Waals surface area contributed by atoms with Crippen molar-refractivity contribution in [1.82, 2.24) is 19.7 Å². The van der Waals surface area contributed by atoms with Gasteiger partial charge in [0.15, 0.2) is 0 Å². The van der Waals surface area contributed by atoms with Crippen LogP contribution in [0.25, 0.3) is 10.9 Å². The second-order valence-corrected chi connectivity index (χ2v) is 8.09.